The molecule has 0 amide bonds. The molecule has 0 radical (unpaired) electrons. The average Bonchev–Trinajstić information content (AvgIpc) is 3.00. The highest BCUT2D eigenvalue weighted by atomic mass is 16.5. The Balaban J connectivity index is 0.000000354. The minimum Gasteiger partial charge on any atom is -0.462 e. The van der Waals surface area contributed by atoms with Crippen LogP contribution in [0, 0.1) is 11.8 Å². The molecule has 0 aromatic heterocycles. The summed E-state index contributed by atoms with van der Waals surface area (Å²) in [6, 6.07) is 6.74. The summed E-state index contributed by atoms with van der Waals surface area (Å²) >= 11 is 0. The molecule has 1 aromatic carbocycles. The zero-order valence-electron chi connectivity index (χ0n) is 28.9. The Bertz CT molecular complexity index is 765. The minimum absolute atomic E-state index is 0.293. The summed E-state index contributed by atoms with van der Waals surface area (Å²) in [5.74, 6) is 1.33. The van der Waals surface area contributed by atoms with Crippen molar-refractivity contribution in [2.75, 3.05) is 13.2 Å². The van der Waals surface area contributed by atoms with Crippen LogP contribution in [-0.4, -0.2) is 25.2 Å². The molecular weight excluding hydrogens is 544 g/mol. The molecule has 0 spiro atoms. The van der Waals surface area contributed by atoms with Crippen molar-refractivity contribution in [2.24, 2.45) is 11.8 Å². The van der Waals surface area contributed by atoms with Gasteiger partial charge in [0.1, 0.15) is 0 Å². The first-order chi connectivity index (χ1) is 21.7. The van der Waals surface area contributed by atoms with Crippen LogP contribution in [0.1, 0.15) is 202 Å². The van der Waals surface area contributed by atoms with Crippen LogP contribution in [0.4, 0.5) is 0 Å². The third-order valence-electron chi connectivity index (χ3n) is 9.80. The van der Waals surface area contributed by atoms with Crippen LogP contribution in [-0.2, 0) is 9.47 Å². The van der Waals surface area contributed by atoms with Gasteiger partial charge in [-0.2, -0.15) is 0 Å². The van der Waals surface area contributed by atoms with Crippen LogP contribution >= 0.6 is 0 Å². The fourth-order valence-corrected chi connectivity index (χ4v) is 7.01. The lowest BCUT2D eigenvalue weighted by atomic mass is 9.76. The summed E-state index contributed by atoms with van der Waals surface area (Å²) in [6.45, 7) is 5.17. The third-order valence-corrected chi connectivity index (χ3v) is 9.80. The Morgan fingerprint density at radius 3 is 1.18 bits per heavy atom. The molecule has 44 heavy (non-hydrogen) atoms. The van der Waals surface area contributed by atoms with Crippen LogP contribution in [0.2, 0.25) is 0 Å². The number of rotatable bonds is 17. The van der Waals surface area contributed by atoms with E-state index >= 15 is 0 Å². The number of carbonyl (C=O) groups excluding carboxylic acids is 2. The van der Waals surface area contributed by atoms with Crippen molar-refractivity contribution in [1.82, 2.24) is 0 Å². The lowest BCUT2D eigenvalue weighted by Gasteiger charge is -2.30. The number of esters is 2. The maximum atomic E-state index is 12.4. The zero-order chi connectivity index (χ0) is 31.5. The molecule has 4 nitrogen and oxygen atoms in total. The Kier molecular flexibility index (Phi) is 23.0. The highest BCUT2D eigenvalue weighted by molar-refractivity contribution is 6.03. The van der Waals surface area contributed by atoms with Crippen molar-refractivity contribution in [3.8, 4) is 0 Å². The van der Waals surface area contributed by atoms with E-state index in [4.69, 9.17) is 9.47 Å². The fourth-order valence-electron chi connectivity index (χ4n) is 7.01. The van der Waals surface area contributed by atoms with Crippen molar-refractivity contribution in [3.63, 3.8) is 0 Å². The van der Waals surface area contributed by atoms with E-state index in [1.807, 2.05) is 0 Å². The first-order valence-corrected chi connectivity index (χ1v) is 19.1. The molecule has 0 unspecified atom stereocenters. The summed E-state index contributed by atoms with van der Waals surface area (Å²) in [4.78, 5) is 24.7. The largest absolute Gasteiger partial charge is 0.462 e. The van der Waals surface area contributed by atoms with Gasteiger partial charge in [0.15, 0.2) is 0 Å². The molecule has 0 bridgehead atoms. The fraction of sp³-hybridized carbons (Fsp3) is 0.800. The van der Waals surface area contributed by atoms with E-state index in [9.17, 15) is 9.59 Å². The highest BCUT2D eigenvalue weighted by Crippen LogP contribution is 2.35. The maximum absolute atomic E-state index is 12.4. The van der Waals surface area contributed by atoms with E-state index in [0.717, 1.165) is 37.5 Å². The van der Waals surface area contributed by atoms with E-state index in [-0.39, 0.29) is 0 Å². The van der Waals surface area contributed by atoms with E-state index in [1.54, 1.807) is 49.9 Å². The Morgan fingerprint density at radius 1 is 0.500 bits per heavy atom. The van der Waals surface area contributed by atoms with Gasteiger partial charge in [-0.25, -0.2) is 9.59 Å². The zero-order valence-corrected chi connectivity index (χ0v) is 28.9. The molecule has 252 valence electrons. The van der Waals surface area contributed by atoms with Gasteiger partial charge in [-0.15, -0.1) is 0 Å². The molecule has 4 heteroatoms. The van der Waals surface area contributed by atoms with E-state index in [0.29, 0.717) is 24.3 Å². The lowest BCUT2D eigenvalue weighted by molar-refractivity contribution is 0.0450. The molecule has 0 heterocycles. The molecule has 0 aliphatic heterocycles. The number of carbonyl (C=O) groups is 2. The normalized spacial score (nSPS) is 16.9. The monoisotopic (exact) mass is 613 g/mol. The average molecular weight is 613 g/mol. The summed E-state index contributed by atoms with van der Waals surface area (Å²) in [6.07, 6.45) is 35.1. The summed E-state index contributed by atoms with van der Waals surface area (Å²) in [7, 11) is 0. The van der Waals surface area contributed by atoms with Crippen LogP contribution in [0.15, 0.2) is 24.3 Å². The van der Waals surface area contributed by atoms with Gasteiger partial charge in [0.05, 0.1) is 24.3 Å². The van der Waals surface area contributed by atoms with Crippen molar-refractivity contribution in [2.45, 2.75) is 181 Å². The molecule has 2 fully saturated rings. The number of hydrogen-bond acceptors (Lipinski definition) is 4. The van der Waals surface area contributed by atoms with Crippen LogP contribution < -0.4 is 0 Å². The topological polar surface area (TPSA) is 52.6 Å². The summed E-state index contributed by atoms with van der Waals surface area (Å²) in [5, 5.41) is 0. The quantitative estimate of drug-likeness (QED) is 0.130. The molecule has 2 aliphatic carbocycles. The van der Waals surface area contributed by atoms with E-state index in [1.165, 1.54) is 116 Å². The molecule has 3 rings (SSSR count). The molecular formula is C40H68O4. The Morgan fingerprint density at radius 2 is 0.818 bits per heavy atom. The Labute approximate surface area is 271 Å². The highest BCUT2D eigenvalue weighted by Gasteiger charge is 2.22. The third kappa shape index (κ3) is 17.6. The predicted molar refractivity (Wildman–Crippen MR) is 185 cm³/mol. The number of unbranched alkanes of at least 4 members (excludes halogenated alkanes) is 10. The minimum atomic E-state index is -0.444. The van der Waals surface area contributed by atoms with E-state index in [2.05, 4.69) is 13.8 Å². The van der Waals surface area contributed by atoms with Crippen LogP contribution in [0.3, 0.4) is 0 Å². The second kappa shape index (κ2) is 26.4. The van der Waals surface area contributed by atoms with Crippen molar-refractivity contribution in [3.05, 3.63) is 35.4 Å². The van der Waals surface area contributed by atoms with Gasteiger partial charge in [0.25, 0.3) is 0 Å². The van der Waals surface area contributed by atoms with Gasteiger partial charge in [-0.1, -0.05) is 180 Å². The second-order valence-corrected chi connectivity index (χ2v) is 13.6. The van der Waals surface area contributed by atoms with Gasteiger partial charge >= 0.3 is 11.9 Å². The Hall–Kier alpha value is -1.84. The number of ether oxygens (including phenoxy) is 2. The first-order valence-electron chi connectivity index (χ1n) is 19.1. The smallest absolute Gasteiger partial charge is 0.339 e. The van der Waals surface area contributed by atoms with Gasteiger partial charge in [-0.3, -0.25) is 0 Å². The SMILES string of the molecule is C1CCCC(C2CCCCCCC2)CCC1.CCCCCCCCOC(=O)c1ccccc1C(=O)OCCCCCCCC. The van der Waals surface area contributed by atoms with Gasteiger partial charge < -0.3 is 9.47 Å². The lowest BCUT2D eigenvalue weighted by Crippen LogP contribution is -2.17. The maximum Gasteiger partial charge on any atom is 0.339 e. The molecule has 2 saturated carbocycles. The summed E-state index contributed by atoms with van der Waals surface area (Å²) < 4.78 is 10.7. The number of hydrogen-bond donors (Lipinski definition) is 0. The van der Waals surface area contributed by atoms with Gasteiger partial charge in [-0.05, 0) is 36.8 Å². The second-order valence-electron chi connectivity index (χ2n) is 13.6. The van der Waals surface area contributed by atoms with E-state index < -0.39 is 11.9 Å². The molecule has 0 atom stereocenters. The first kappa shape index (κ1) is 38.3. The molecule has 1 aromatic rings. The van der Waals surface area contributed by atoms with Crippen LogP contribution in [0.5, 0.6) is 0 Å². The van der Waals surface area contributed by atoms with Gasteiger partial charge in [0, 0.05) is 0 Å². The summed E-state index contributed by atoms with van der Waals surface area (Å²) in [5.41, 5.74) is 0.586. The predicted octanol–water partition coefficient (Wildman–Crippen LogP) is 12.4. The molecule has 0 N–H and O–H groups in total. The van der Waals surface area contributed by atoms with Crippen molar-refractivity contribution in [1.29, 1.82) is 0 Å². The number of benzene rings is 1. The standard InChI is InChI=1S/C24H38O4.C16H30/c1-3-5-7-9-11-15-19-27-23(25)21-17-13-14-18-22(21)24(26)28-20-16-12-10-8-6-4-2;1-3-7-11-15(12-8-4-1)16-13-9-5-2-6-10-14-16/h13-14,17-18H,3-12,15-16,19-20H2,1-2H3;15-16H,1-14H2. The molecule has 2 aliphatic rings. The van der Waals surface area contributed by atoms with Gasteiger partial charge in [0.2, 0.25) is 0 Å². The van der Waals surface area contributed by atoms with Crippen LogP contribution in [0.25, 0.3) is 0 Å². The van der Waals surface area contributed by atoms with Crippen molar-refractivity contribution >= 4 is 11.9 Å². The van der Waals surface area contributed by atoms with Crippen molar-refractivity contribution < 1.29 is 19.1 Å². The molecule has 0 saturated heterocycles.